The van der Waals surface area contributed by atoms with Crippen LogP contribution in [0.15, 0.2) is 78.2 Å². The van der Waals surface area contributed by atoms with Crippen LogP contribution < -0.4 is 10.7 Å². The molecule has 5 nitrogen and oxygen atoms in total. The number of piperidine rings is 1. The van der Waals surface area contributed by atoms with Gasteiger partial charge in [0.25, 0.3) is 5.91 Å². The molecule has 2 N–H and O–H groups in total. The van der Waals surface area contributed by atoms with Crippen molar-refractivity contribution in [3.05, 3.63) is 101 Å². The molecule has 1 amide bonds. The smallest absolute Gasteiger partial charge is 0.271 e. The summed E-state index contributed by atoms with van der Waals surface area (Å²) in [6.45, 7) is 0. The predicted octanol–water partition coefficient (Wildman–Crippen LogP) is 4.95. The molecule has 2 aliphatic rings. The van der Waals surface area contributed by atoms with Gasteiger partial charge in [0, 0.05) is 47.6 Å². The molecular formula is C26H24F2N4O. The van der Waals surface area contributed by atoms with Crippen LogP contribution in [0.1, 0.15) is 52.8 Å². The second-order valence-corrected chi connectivity index (χ2v) is 8.58. The number of amides is 1. The summed E-state index contributed by atoms with van der Waals surface area (Å²) in [6.07, 6.45) is 5.97. The fraction of sp³-hybridized carbons (Fsp3) is 0.269. The number of hydrogen-bond acceptors (Lipinski definition) is 4. The van der Waals surface area contributed by atoms with Crippen molar-refractivity contribution in [3.63, 3.8) is 0 Å². The van der Waals surface area contributed by atoms with Crippen molar-refractivity contribution in [2.75, 3.05) is 0 Å². The minimum Gasteiger partial charge on any atom is -0.302 e. The Kier molecular flexibility index (Phi) is 5.96. The number of fused-ring (bicyclic) bond motifs is 2. The summed E-state index contributed by atoms with van der Waals surface area (Å²) in [6, 6.07) is 16.1. The summed E-state index contributed by atoms with van der Waals surface area (Å²) in [4.78, 5) is 16.6. The van der Waals surface area contributed by atoms with Crippen LogP contribution in [0.25, 0.3) is 0 Å². The van der Waals surface area contributed by atoms with Crippen molar-refractivity contribution in [1.29, 1.82) is 0 Å². The van der Waals surface area contributed by atoms with E-state index in [0.29, 0.717) is 5.56 Å². The normalized spacial score (nSPS) is 25.6. The van der Waals surface area contributed by atoms with Gasteiger partial charge in [-0.05, 0) is 60.4 Å². The molecule has 0 unspecified atom stereocenters. The van der Waals surface area contributed by atoms with Gasteiger partial charge in [-0.3, -0.25) is 9.78 Å². The number of carbonyl (C=O) groups is 1. The quantitative estimate of drug-likeness (QED) is 0.558. The summed E-state index contributed by atoms with van der Waals surface area (Å²) in [5.41, 5.74) is 6.06. The molecule has 1 saturated heterocycles. The van der Waals surface area contributed by atoms with Crippen molar-refractivity contribution in [1.82, 2.24) is 15.7 Å². The summed E-state index contributed by atoms with van der Waals surface area (Å²) in [5.74, 6) is -0.750. The topological polar surface area (TPSA) is 66.4 Å². The molecule has 1 aliphatic carbocycles. The molecule has 4 atom stereocenters. The maximum Gasteiger partial charge on any atom is 0.271 e. The number of halogens is 2. The van der Waals surface area contributed by atoms with Gasteiger partial charge in [0.15, 0.2) is 0 Å². The number of hydrogen-bond donors (Lipinski definition) is 2. The van der Waals surface area contributed by atoms with Crippen LogP contribution in [0.4, 0.5) is 8.78 Å². The highest BCUT2D eigenvalue weighted by atomic mass is 19.1. The average molecular weight is 447 g/mol. The Hall–Kier alpha value is -3.45. The van der Waals surface area contributed by atoms with E-state index in [-0.39, 0.29) is 41.5 Å². The van der Waals surface area contributed by atoms with Crippen LogP contribution in [0.2, 0.25) is 0 Å². The number of hydrazone groups is 1. The van der Waals surface area contributed by atoms with E-state index >= 15 is 0 Å². The molecule has 0 spiro atoms. The van der Waals surface area contributed by atoms with Gasteiger partial charge in [0.2, 0.25) is 0 Å². The van der Waals surface area contributed by atoms with E-state index in [9.17, 15) is 13.6 Å². The minimum absolute atomic E-state index is 0.0589. The highest BCUT2D eigenvalue weighted by Gasteiger charge is 2.45. The van der Waals surface area contributed by atoms with E-state index in [4.69, 9.17) is 0 Å². The highest BCUT2D eigenvalue weighted by molar-refractivity contribution is 5.97. The van der Waals surface area contributed by atoms with E-state index < -0.39 is 0 Å². The summed E-state index contributed by atoms with van der Waals surface area (Å²) >= 11 is 0. The largest absolute Gasteiger partial charge is 0.302 e. The standard InChI is InChI=1S/C26H24F2N4O/c27-19-8-4-16(5-9-19)23-21-2-1-3-22(24(30-23)17-6-10-20(28)11-7-17)25(21)31-32-26(33)18-12-14-29-15-13-18/h4-15,21-24,30H,1-3H2,(H,32,33)/t21-,22+,23+,24-. The monoisotopic (exact) mass is 446 g/mol. The van der Waals surface area contributed by atoms with Gasteiger partial charge in [-0.25, -0.2) is 14.2 Å². The Morgan fingerprint density at radius 2 is 1.36 bits per heavy atom. The van der Waals surface area contributed by atoms with Crippen LogP contribution >= 0.6 is 0 Å². The van der Waals surface area contributed by atoms with Gasteiger partial charge in [-0.1, -0.05) is 30.7 Å². The molecule has 168 valence electrons. The van der Waals surface area contributed by atoms with Crippen LogP contribution in [-0.2, 0) is 0 Å². The van der Waals surface area contributed by atoms with Gasteiger partial charge in [0.1, 0.15) is 11.6 Å². The zero-order chi connectivity index (χ0) is 22.8. The summed E-state index contributed by atoms with van der Waals surface area (Å²) in [5, 5.41) is 8.37. The molecule has 1 saturated carbocycles. The third-order valence-electron chi connectivity index (χ3n) is 6.64. The molecule has 0 radical (unpaired) electrons. The van der Waals surface area contributed by atoms with Gasteiger partial charge in [-0.2, -0.15) is 5.10 Å². The predicted molar refractivity (Wildman–Crippen MR) is 121 cm³/mol. The van der Waals surface area contributed by atoms with Crippen LogP contribution in [0, 0.1) is 23.5 Å². The fourth-order valence-corrected chi connectivity index (χ4v) is 5.08. The molecular weight excluding hydrogens is 422 g/mol. The molecule has 5 rings (SSSR count). The zero-order valence-corrected chi connectivity index (χ0v) is 17.9. The van der Waals surface area contributed by atoms with Crippen molar-refractivity contribution in [3.8, 4) is 0 Å². The molecule has 1 aliphatic heterocycles. The first-order chi connectivity index (χ1) is 16.1. The maximum absolute atomic E-state index is 13.6. The molecule has 2 bridgehead atoms. The van der Waals surface area contributed by atoms with Gasteiger partial charge < -0.3 is 5.32 Å². The van der Waals surface area contributed by atoms with Crippen LogP contribution in [-0.4, -0.2) is 16.6 Å². The molecule has 1 aromatic heterocycles. The number of nitrogens with one attached hydrogen (secondary N) is 2. The third kappa shape index (κ3) is 4.41. The first kappa shape index (κ1) is 21.4. The zero-order valence-electron chi connectivity index (χ0n) is 17.9. The Morgan fingerprint density at radius 3 is 1.88 bits per heavy atom. The number of rotatable bonds is 4. The Morgan fingerprint density at radius 1 is 0.848 bits per heavy atom. The van der Waals surface area contributed by atoms with Crippen LogP contribution in [0.3, 0.4) is 0 Å². The molecule has 2 fully saturated rings. The van der Waals surface area contributed by atoms with Crippen LogP contribution in [0.5, 0.6) is 0 Å². The maximum atomic E-state index is 13.6. The fourth-order valence-electron chi connectivity index (χ4n) is 5.08. The van der Waals surface area contributed by atoms with Crippen molar-refractivity contribution < 1.29 is 13.6 Å². The number of nitrogens with zero attached hydrogens (tertiary/aromatic N) is 2. The van der Waals surface area contributed by atoms with Crippen molar-refractivity contribution in [2.24, 2.45) is 16.9 Å². The van der Waals surface area contributed by atoms with E-state index in [1.54, 1.807) is 48.8 Å². The lowest BCUT2D eigenvalue weighted by Crippen LogP contribution is -2.51. The minimum atomic E-state index is -0.293. The summed E-state index contributed by atoms with van der Waals surface area (Å²) in [7, 11) is 0. The van der Waals surface area contributed by atoms with Crippen molar-refractivity contribution in [2.45, 2.75) is 31.3 Å². The third-order valence-corrected chi connectivity index (χ3v) is 6.64. The Balaban J connectivity index is 1.52. The number of aromatic nitrogens is 1. The first-order valence-corrected chi connectivity index (χ1v) is 11.1. The second-order valence-electron chi connectivity index (χ2n) is 8.58. The number of pyridine rings is 1. The van der Waals surface area contributed by atoms with E-state index in [1.165, 1.54) is 24.3 Å². The van der Waals surface area contributed by atoms with E-state index in [0.717, 1.165) is 36.1 Å². The summed E-state index contributed by atoms with van der Waals surface area (Å²) < 4.78 is 27.2. The molecule has 33 heavy (non-hydrogen) atoms. The molecule has 2 aromatic carbocycles. The average Bonchev–Trinajstić information content (AvgIpc) is 2.84. The van der Waals surface area contributed by atoms with Gasteiger partial charge in [0.05, 0.1) is 0 Å². The van der Waals surface area contributed by atoms with Crippen molar-refractivity contribution >= 4 is 11.6 Å². The SMILES string of the molecule is O=C(NN=C1[C@H]2CCC[C@@H]1[C@H](c1ccc(F)cc1)N[C@@H]2c1ccc(F)cc1)c1ccncc1. The molecule has 2 heterocycles. The Bertz CT molecular complexity index is 1090. The van der Waals surface area contributed by atoms with E-state index in [1.807, 2.05) is 0 Å². The Labute approximate surface area is 190 Å². The van der Waals surface area contributed by atoms with Gasteiger partial charge in [-0.15, -0.1) is 0 Å². The number of carbonyl (C=O) groups excluding carboxylic acids is 1. The lowest BCUT2D eigenvalue weighted by molar-refractivity contribution is 0.0953. The first-order valence-electron chi connectivity index (χ1n) is 11.1. The second kappa shape index (κ2) is 9.19. The molecule has 7 heteroatoms. The lowest BCUT2D eigenvalue weighted by atomic mass is 9.67. The highest BCUT2D eigenvalue weighted by Crippen LogP contribution is 2.46. The van der Waals surface area contributed by atoms with E-state index in [2.05, 4.69) is 20.8 Å². The van der Waals surface area contributed by atoms with Gasteiger partial charge >= 0.3 is 0 Å². The number of benzene rings is 2. The molecule has 3 aromatic rings. The lowest BCUT2D eigenvalue weighted by Gasteiger charge is -2.47.